The van der Waals surface area contributed by atoms with Crippen molar-refractivity contribution in [3.63, 3.8) is 0 Å². The summed E-state index contributed by atoms with van der Waals surface area (Å²) in [6.45, 7) is 8.44. The van der Waals surface area contributed by atoms with Crippen LogP contribution in [0.3, 0.4) is 0 Å². The summed E-state index contributed by atoms with van der Waals surface area (Å²) in [5, 5.41) is 11.8. The van der Waals surface area contributed by atoms with E-state index >= 15 is 0 Å². The molecular weight excluding hydrogens is 428 g/mol. The summed E-state index contributed by atoms with van der Waals surface area (Å²) in [7, 11) is 1.70. The topological polar surface area (TPSA) is 92.5 Å². The second kappa shape index (κ2) is 11.8. The van der Waals surface area contributed by atoms with E-state index < -0.39 is 11.2 Å². The van der Waals surface area contributed by atoms with E-state index in [2.05, 4.69) is 30.8 Å². The first-order valence-electron chi connectivity index (χ1n) is 11.5. The molecule has 33 heavy (non-hydrogen) atoms. The van der Waals surface area contributed by atoms with E-state index in [1.807, 2.05) is 23.3 Å². The summed E-state index contributed by atoms with van der Waals surface area (Å²) in [6.07, 6.45) is 6.08. The number of ether oxygens (including phenoxy) is 3. The van der Waals surface area contributed by atoms with Crippen molar-refractivity contribution in [2.75, 3.05) is 33.5 Å². The maximum atomic E-state index is 10.6. The Labute approximate surface area is 195 Å². The molecule has 2 unspecified atom stereocenters. The molecule has 9 nitrogen and oxygen atoms in total. The fourth-order valence-electron chi connectivity index (χ4n) is 4.48. The number of benzene rings is 1. The summed E-state index contributed by atoms with van der Waals surface area (Å²) >= 11 is 0. The van der Waals surface area contributed by atoms with Gasteiger partial charge in [0.25, 0.3) is 5.09 Å². The molecule has 2 aliphatic heterocycles. The number of methoxy groups -OCH3 is 1. The van der Waals surface area contributed by atoms with E-state index in [9.17, 15) is 10.1 Å². The Balaban J connectivity index is 1.64. The lowest BCUT2D eigenvalue weighted by atomic mass is 9.80. The minimum atomic E-state index is -0.775. The number of hydrogen-bond acceptors (Lipinski definition) is 8. The first kappa shape index (κ1) is 25.4. The summed E-state index contributed by atoms with van der Waals surface area (Å²) in [4.78, 5) is 21.5. The van der Waals surface area contributed by atoms with Crippen LogP contribution in [-0.2, 0) is 25.8 Å². The molecule has 9 heteroatoms. The zero-order valence-electron chi connectivity index (χ0n) is 20.0. The SMILES string of the molecule is COCCCC1CC(C)(C)N(OCc2ccc3c(c2)C=CCO3)CC1OC[C@H](C)O[N+](=O)[O-]. The monoisotopic (exact) mass is 464 g/mol. The summed E-state index contributed by atoms with van der Waals surface area (Å²) in [5.74, 6) is 1.18. The molecule has 184 valence electrons. The lowest BCUT2D eigenvalue weighted by molar-refractivity contribution is -0.768. The van der Waals surface area contributed by atoms with Gasteiger partial charge in [0.05, 0.1) is 25.9 Å². The molecule has 0 N–H and O–H groups in total. The minimum absolute atomic E-state index is 0.118. The van der Waals surface area contributed by atoms with Crippen molar-refractivity contribution in [3.05, 3.63) is 45.5 Å². The molecule has 1 aromatic carbocycles. The number of rotatable bonds is 12. The molecule has 0 radical (unpaired) electrons. The molecule has 1 saturated heterocycles. The number of nitrogens with zero attached hydrogens (tertiary/aromatic N) is 2. The summed E-state index contributed by atoms with van der Waals surface area (Å²) in [6, 6.07) is 6.08. The maximum Gasteiger partial charge on any atom is 0.294 e. The van der Waals surface area contributed by atoms with Crippen molar-refractivity contribution >= 4 is 6.08 Å². The van der Waals surface area contributed by atoms with Crippen LogP contribution in [0.25, 0.3) is 6.08 Å². The molecule has 3 rings (SSSR count). The Bertz CT molecular complexity index is 814. The Kier molecular flexibility index (Phi) is 9.08. The van der Waals surface area contributed by atoms with Gasteiger partial charge in [-0.2, -0.15) is 5.06 Å². The highest BCUT2D eigenvalue weighted by atomic mass is 17.0. The Hall–Kier alpha value is -2.20. The second-order valence-electron chi connectivity index (χ2n) is 9.34. The zero-order valence-corrected chi connectivity index (χ0v) is 20.0. The van der Waals surface area contributed by atoms with Crippen molar-refractivity contribution in [3.8, 4) is 5.75 Å². The predicted molar refractivity (Wildman–Crippen MR) is 123 cm³/mol. The van der Waals surface area contributed by atoms with Crippen LogP contribution in [0, 0.1) is 16.0 Å². The molecule has 1 fully saturated rings. The van der Waals surface area contributed by atoms with Gasteiger partial charge in [-0.25, -0.2) is 0 Å². The van der Waals surface area contributed by atoms with Crippen LogP contribution in [0.15, 0.2) is 24.3 Å². The molecule has 2 heterocycles. The molecule has 3 atom stereocenters. The van der Waals surface area contributed by atoms with Crippen molar-refractivity contribution in [2.24, 2.45) is 5.92 Å². The van der Waals surface area contributed by atoms with Gasteiger partial charge in [-0.05, 0) is 69.7 Å². The van der Waals surface area contributed by atoms with Crippen LogP contribution in [0.1, 0.15) is 51.2 Å². The highest BCUT2D eigenvalue weighted by Gasteiger charge is 2.41. The van der Waals surface area contributed by atoms with Crippen LogP contribution in [0.5, 0.6) is 5.75 Å². The first-order valence-corrected chi connectivity index (χ1v) is 11.5. The maximum absolute atomic E-state index is 10.6. The second-order valence-corrected chi connectivity index (χ2v) is 9.34. The number of hydrogen-bond donors (Lipinski definition) is 0. The zero-order chi connectivity index (χ0) is 23.8. The van der Waals surface area contributed by atoms with Crippen molar-refractivity contribution < 1.29 is 29.0 Å². The van der Waals surface area contributed by atoms with Gasteiger partial charge in [-0.3, -0.25) is 4.84 Å². The number of hydroxylamine groups is 2. The van der Waals surface area contributed by atoms with E-state index in [1.165, 1.54) is 0 Å². The fraction of sp³-hybridized carbons (Fsp3) is 0.667. The van der Waals surface area contributed by atoms with E-state index in [0.717, 1.165) is 36.1 Å². The van der Waals surface area contributed by atoms with Crippen LogP contribution in [-0.4, -0.2) is 61.4 Å². The van der Waals surface area contributed by atoms with Gasteiger partial charge >= 0.3 is 0 Å². The number of fused-ring (bicyclic) bond motifs is 1. The van der Waals surface area contributed by atoms with Gasteiger partial charge in [-0.15, -0.1) is 10.1 Å². The Morgan fingerprint density at radius 2 is 2.18 bits per heavy atom. The third-order valence-corrected chi connectivity index (χ3v) is 6.14. The van der Waals surface area contributed by atoms with Crippen molar-refractivity contribution in [1.29, 1.82) is 0 Å². The largest absolute Gasteiger partial charge is 0.489 e. The molecular formula is C24H36N2O7. The summed E-state index contributed by atoms with van der Waals surface area (Å²) in [5.41, 5.74) is 1.93. The van der Waals surface area contributed by atoms with Gasteiger partial charge in [0.2, 0.25) is 0 Å². The molecule has 0 saturated carbocycles. The third-order valence-electron chi connectivity index (χ3n) is 6.14. The average Bonchev–Trinajstić information content (AvgIpc) is 2.77. The van der Waals surface area contributed by atoms with E-state index in [0.29, 0.717) is 32.3 Å². The van der Waals surface area contributed by atoms with Gasteiger partial charge in [0, 0.05) is 24.8 Å². The highest BCUT2D eigenvalue weighted by Crippen LogP contribution is 2.36. The molecule has 0 spiro atoms. The lowest BCUT2D eigenvalue weighted by Gasteiger charge is -2.48. The van der Waals surface area contributed by atoms with Gasteiger partial charge in [-0.1, -0.05) is 12.1 Å². The highest BCUT2D eigenvalue weighted by molar-refractivity contribution is 5.60. The average molecular weight is 465 g/mol. The molecule has 2 aliphatic rings. The van der Waals surface area contributed by atoms with Crippen LogP contribution in [0.2, 0.25) is 0 Å². The Morgan fingerprint density at radius 1 is 1.36 bits per heavy atom. The van der Waals surface area contributed by atoms with Gasteiger partial charge < -0.3 is 19.0 Å². The fourth-order valence-corrected chi connectivity index (χ4v) is 4.48. The summed E-state index contributed by atoms with van der Waals surface area (Å²) < 4.78 is 17.0. The third kappa shape index (κ3) is 7.40. The van der Waals surface area contributed by atoms with Crippen LogP contribution in [0.4, 0.5) is 0 Å². The van der Waals surface area contributed by atoms with Crippen LogP contribution < -0.4 is 4.74 Å². The van der Waals surface area contributed by atoms with Crippen molar-refractivity contribution in [2.45, 2.75) is 64.4 Å². The van der Waals surface area contributed by atoms with Crippen LogP contribution >= 0.6 is 0 Å². The van der Waals surface area contributed by atoms with E-state index in [-0.39, 0.29) is 18.2 Å². The van der Waals surface area contributed by atoms with Gasteiger partial charge in [0.1, 0.15) is 18.5 Å². The number of piperidine rings is 1. The van der Waals surface area contributed by atoms with Gasteiger partial charge in [0.15, 0.2) is 0 Å². The smallest absolute Gasteiger partial charge is 0.294 e. The standard InChI is InChI=1S/C24H36N2O7/c1-18(33-26(27)28)16-31-23-15-25(24(2,3)14-21(23)8-5-11-29-4)32-17-19-9-10-22-20(13-19)7-6-12-30-22/h6-7,9-10,13,18,21,23H,5,8,11-12,14-17H2,1-4H3/t18-,21?,23?/m0/s1. The molecule has 0 bridgehead atoms. The molecule has 1 aromatic rings. The molecule has 0 aliphatic carbocycles. The Morgan fingerprint density at radius 3 is 2.94 bits per heavy atom. The van der Waals surface area contributed by atoms with E-state index in [4.69, 9.17) is 19.0 Å². The van der Waals surface area contributed by atoms with Crippen molar-refractivity contribution in [1.82, 2.24) is 5.06 Å². The first-order chi connectivity index (χ1) is 15.8. The van der Waals surface area contributed by atoms with E-state index in [1.54, 1.807) is 14.0 Å². The lowest BCUT2D eigenvalue weighted by Crippen LogP contribution is -2.56. The predicted octanol–water partition coefficient (Wildman–Crippen LogP) is 4.03. The normalized spacial score (nSPS) is 22.9. The quantitative estimate of drug-likeness (QED) is 0.260. The minimum Gasteiger partial charge on any atom is -0.489 e. The molecule has 0 aromatic heterocycles. The molecule has 0 amide bonds.